The molecule has 0 amide bonds. The van der Waals surface area contributed by atoms with E-state index in [4.69, 9.17) is 0 Å². The molecule has 1 heterocycles. The van der Waals surface area contributed by atoms with Crippen molar-refractivity contribution in [1.82, 2.24) is 4.98 Å². The smallest absolute Gasteiger partial charge is 0.133 e. The largest absolute Gasteiger partial charge is 0.373 e. The summed E-state index contributed by atoms with van der Waals surface area (Å²) >= 11 is 0. The predicted octanol–water partition coefficient (Wildman–Crippen LogP) is 2.55. The Kier molecular flexibility index (Phi) is 2.86. The zero-order valence-corrected chi connectivity index (χ0v) is 7.76. The maximum Gasteiger partial charge on any atom is 0.133 e. The molecule has 0 aliphatic rings. The number of hydrogen-bond acceptors (Lipinski definition) is 2. The van der Waals surface area contributed by atoms with E-state index in [1.165, 1.54) is 11.1 Å². The lowest BCUT2D eigenvalue weighted by Crippen LogP contribution is -1.96. The summed E-state index contributed by atoms with van der Waals surface area (Å²) in [6.45, 7) is 4.11. The first-order valence-electron chi connectivity index (χ1n) is 4.05. The minimum atomic E-state index is 0.938. The van der Waals surface area contributed by atoms with Crippen molar-refractivity contribution in [3.8, 4) is 0 Å². The molecule has 1 N–H and O–H groups in total. The van der Waals surface area contributed by atoms with Gasteiger partial charge in [0.15, 0.2) is 0 Å². The van der Waals surface area contributed by atoms with Crippen LogP contribution in [0.2, 0.25) is 0 Å². The summed E-state index contributed by atoms with van der Waals surface area (Å²) in [5, 5.41) is 3.06. The number of anilines is 1. The van der Waals surface area contributed by atoms with Crippen molar-refractivity contribution < 1.29 is 0 Å². The Bertz CT molecular complexity index is 290. The number of pyridine rings is 1. The van der Waals surface area contributed by atoms with Crippen molar-refractivity contribution in [3.63, 3.8) is 0 Å². The van der Waals surface area contributed by atoms with Crippen LogP contribution in [-0.2, 0) is 0 Å². The lowest BCUT2D eigenvalue weighted by molar-refractivity contribution is 1.27. The SMILES string of the molecule is CC=C(C)c1cccnc1NC. The number of allylic oxidation sites excluding steroid dienone is 2. The van der Waals surface area contributed by atoms with E-state index in [2.05, 4.69) is 29.4 Å². The minimum Gasteiger partial charge on any atom is -0.373 e. The lowest BCUT2D eigenvalue weighted by Gasteiger charge is -2.06. The molecule has 2 nitrogen and oxygen atoms in total. The molecule has 1 aromatic rings. The Balaban J connectivity index is 3.13. The number of aromatic nitrogens is 1. The first kappa shape index (κ1) is 8.78. The predicted molar refractivity (Wildman–Crippen MR) is 53.1 cm³/mol. The zero-order valence-electron chi connectivity index (χ0n) is 7.76. The third kappa shape index (κ3) is 1.64. The van der Waals surface area contributed by atoms with Crippen molar-refractivity contribution in [1.29, 1.82) is 0 Å². The first-order valence-corrected chi connectivity index (χ1v) is 4.05. The third-order valence-electron chi connectivity index (χ3n) is 1.90. The monoisotopic (exact) mass is 162 g/mol. The molecule has 0 saturated carbocycles. The fourth-order valence-electron chi connectivity index (χ4n) is 1.08. The maximum absolute atomic E-state index is 4.21. The Hall–Kier alpha value is -1.31. The van der Waals surface area contributed by atoms with E-state index >= 15 is 0 Å². The summed E-state index contributed by atoms with van der Waals surface area (Å²) < 4.78 is 0. The van der Waals surface area contributed by atoms with Gasteiger partial charge in [0, 0.05) is 18.8 Å². The van der Waals surface area contributed by atoms with Gasteiger partial charge in [-0.25, -0.2) is 4.98 Å². The summed E-state index contributed by atoms with van der Waals surface area (Å²) in [4.78, 5) is 4.21. The molecule has 0 unspecified atom stereocenters. The standard InChI is InChI=1S/C10H14N2/c1-4-8(2)9-6-5-7-12-10(9)11-3/h4-7H,1-3H3,(H,11,12). The summed E-state index contributed by atoms with van der Waals surface area (Å²) in [5.41, 5.74) is 2.41. The fourth-order valence-corrected chi connectivity index (χ4v) is 1.08. The molecule has 0 saturated heterocycles. The van der Waals surface area contributed by atoms with Gasteiger partial charge in [-0.2, -0.15) is 0 Å². The van der Waals surface area contributed by atoms with Gasteiger partial charge >= 0.3 is 0 Å². The van der Waals surface area contributed by atoms with Crippen LogP contribution in [0.25, 0.3) is 5.57 Å². The van der Waals surface area contributed by atoms with Crippen molar-refractivity contribution in [3.05, 3.63) is 30.0 Å². The van der Waals surface area contributed by atoms with Gasteiger partial charge < -0.3 is 5.32 Å². The Morgan fingerprint density at radius 2 is 2.33 bits per heavy atom. The summed E-state index contributed by atoms with van der Waals surface area (Å²) in [6, 6.07) is 4.01. The van der Waals surface area contributed by atoms with Crippen LogP contribution < -0.4 is 5.32 Å². The molecule has 0 fully saturated rings. The summed E-state index contributed by atoms with van der Waals surface area (Å²) in [7, 11) is 1.88. The van der Waals surface area contributed by atoms with E-state index in [1.807, 2.05) is 20.0 Å². The van der Waals surface area contributed by atoms with E-state index < -0.39 is 0 Å². The quantitative estimate of drug-likeness (QED) is 0.722. The zero-order chi connectivity index (χ0) is 8.97. The van der Waals surface area contributed by atoms with Gasteiger partial charge in [0.2, 0.25) is 0 Å². The molecule has 0 atom stereocenters. The van der Waals surface area contributed by atoms with Crippen molar-refractivity contribution in [2.75, 3.05) is 12.4 Å². The molecular formula is C10H14N2. The van der Waals surface area contributed by atoms with E-state index in [1.54, 1.807) is 6.20 Å². The van der Waals surface area contributed by atoms with Crippen molar-refractivity contribution in [2.24, 2.45) is 0 Å². The van der Waals surface area contributed by atoms with Crippen LogP contribution >= 0.6 is 0 Å². The third-order valence-corrected chi connectivity index (χ3v) is 1.90. The fraction of sp³-hybridized carbons (Fsp3) is 0.300. The lowest BCUT2D eigenvalue weighted by atomic mass is 10.1. The average molecular weight is 162 g/mol. The van der Waals surface area contributed by atoms with Crippen LogP contribution in [-0.4, -0.2) is 12.0 Å². The molecule has 64 valence electrons. The average Bonchev–Trinajstić information content (AvgIpc) is 2.16. The van der Waals surface area contributed by atoms with Crippen molar-refractivity contribution in [2.45, 2.75) is 13.8 Å². The highest BCUT2D eigenvalue weighted by molar-refractivity contribution is 5.72. The van der Waals surface area contributed by atoms with Gasteiger partial charge in [-0.05, 0) is 31.6 Å². The second kappa shape index (κ2) is 3.90. The number of nitrogens with zero attached hydrogens (tertiary/aromatic N) is 1. The summed E-state index contributed by atoms with van der Waals surface area (Å²) in [6.07, 6.45) is 3.87. The van der Waals surface area contributed by atoms with E-state index in [9.17, 15) is 0 Å². The molecule has 1 aromatic heterocycles. The van der Waals surface area contributed by atoms with Crippen molar-refractivity contribution >= 4 is 11.4 Å². The highest BCUT2D eigenvalue weighted by Crippen LogP contribution is 2.19. The van der Waals surface area contributed by atoms with Crippen LogP contribution in [0.1, 0.15) is 19.4 Å². The number of nitrogens with one attached hydrogen (secondary N) is 1. The van der Waals surface area contributed by atoms with Gasteiger partial charge in [-0.15, -0.1) is 0 Å². The molecule has 0 radical (unpaired) electrons. The Labute approximate surface area is 73.3 Å². The minimum absolute atomic E-state index is 0.938. The molecule has 1 rings (SSSR count). The van der Waals surface area contributed by atoms with E-state index in [-0.39, 0.29) is 0 Å². The van der Waals surface area contributed by atoms with Crippen LogP contribution in [0.15, 0.2) is 24.4 Å². The van der Waals surface area contributed by atoms with E-state index in [0.29, 0.717) is 0 Å². The van der Waals surface area contributed by atoms with Gasteiger partial charge in [0.1, 0.15) is 5.82 Å². The van der Waals surface area contributed by atoms with Gasteiger partial charge in [-0.3, -0.25) is 0 Å². The number of rotatable bonds is 2. The summed E-state index contributed by atoms with van der Waals surface area (Å²) in [5.74, 6) is 0.938. The highest BCUT2D eigenvalue weighted by atomic mass is 15.0. The van der Waals surface area contributed by atoms with Crippen LogP contribution in [0, 0.1) is 0 Å². The number of hydrogen-bond donors (Lipinski definition) is 1. The molecule has 12 heavy (non-hydrogen) atoms. The molecule has 0 aromatic carbocycles. The molecule has 2 heteroatoms. The Morgan fingerprint density at radius 3 is 2.92 bits per heavy atom. The second-order valence-electron chi connectivity index (χ2n) is 2.62. The molecule has 0 bridgehead atoms. The topological polar surface area (TPSA) is 24.9 Å². The highest BCUT2D eigenvalue weighted by Gasteiger charge is 2.00. The second-order valence-corrected chi connectivity index (χ2v) is 2.62. The molecule has 0 aliphatic heterocycles. The molecular weight excluding hydrogens is 148 g/mol. The molecule has 0 aliphatic carbocycles. The van der Waals surface area contributed by atoms with Crippen LogP contribution in [0.5, 0.6) is 0 Å². The first-order chi connectivity index (χ1) is 5.79. The normalized spacial score (nSPS) is 11.4. The maximum atomic E-state index is 4.21. The van der Waals surface area contributed by atoms with Gasteiger partial charge in [0.05, 0.1) is 0 Å². The van der Waals surface area contributed by atoms with Gasteiger partial charge in [0.25, 0.3) is 0 Å². The van der Waals surface area contributed by atoms with E-state index in [0.717, 1.165) is 5.82 Å². The van der Waals surface area contributed by atoms with Crippen LogP contribution in [0.3, 0.4) is 0 Å². The van der Waals surface area contributed by atoms with Crippen LogP contribution in [0.4, 0.5) is 5.82 Å². The van der Waals surface area contributed by atoms with Gasteiger partial charge in [-0.1, -0.05) is 6.08 Å². The molecule has 0 spiro atoms. The Morgan fingerprint density at radius 1 is 1.58 bits per heavy atom.